The van der Waals surface area contributed by atoms with Crippen molar-refractivity contribution in [1.29, 1.82) is 5.26 Å². The number of morpholine rings is 1. The zero-order valence-electron chi connectivity index (χ0n) is 15.4. The molecule has 1 saturated heterocycles. The number of hydrogen-bond acceptors (Lipinski definition) is 4. The van der Waals surface area contributed by atoms with Gasteiger partial charge >= 0.3 is 6.03 Å². The first-order valence-electron chi connectivity index (χ1n) is 8.48. The molecule has 0 aliphatic carbocycles. The number of urea groups is 1. The van der Waals surface area contributed by atoms with Crippen molar-refractivity contribution < 1.29 is 14.3 Å². The van der Waals surface area contributed by atoms with Crippen LogP contribution in [0.2, 0.25) is 0 Å². The first-order chi connectivity index (χ1) is 11.1. The van der Waals surface area contributed by atoms with Crippen molar-refractivity contribution in [3.63, 3.8) is 0 Å². The molecule has 2 N–H and O–H groups in total. The summed E-state index contributed by atoms with van der Waals surface area (Å²) in [4.78, 5) is 26.6. The molecule has 1 aliphatic heterocycles. The molecule has 7 nitrogen and oxygen atoms in total. The number of nitriles is 1. The third-order valence-electron chi connectivity index (χ3n) is 3.90. The number of carbonyl (C=O) groups excluding carboxylic acids is 2. The Bertz CT molecular complexity index is 473. The highest BCUT2D eigenvalue weighted by Gasteiger charge is 2.31. The lowest BCUT2D eigenvalue weighted by atomic mass is 9.87. The van der Waals surface area contributed by atoms with E-state index in [1.165, 1.54) is 0 Å². The van der Waals surface area contributed by atoms with Gasteiger partial charge in [0.1, 0.15) is 12.1 Å². The standard InChI is InChI=1S/C17H30N4O3/c1-12(2)10-13(15(22)20-14(11-18)17(3,4)5)19-16(23)21-6-8-24-9-7-21/h12-14H,6-10H2,1-5H3,(H,19,23)(H,20,22)/t13-,14+/m0/s1. The molecule has 1 fully saturated rings. The number of nitrogens with one attached hydrogen (secondary N) is 2. The Labute approximate surface area is 144 Å². The summed E-state index contributed by atoms with van der Waals surface area (Å²) >= 11 is 0. The second-order valence-corrected chi connectivity index (χ2v) is 7.67. The third kappa shape index (κ3) is 6.36. The van der Waals surface area contributed by atoms with Crippen LogP contribution in [-0.2, 0) is 9.53 Å². The highest BCUT2D eigenvalue weighted by molar-refractivity contribution is 5.87. The van der Waals surface area contributed by atoms with E-state index in [4.69, 9.17) is 4.74 Å². The molecule has 0 bridgehead atoms. The number of nitrogens with zero attached hydrogens (tertiary/aromatic N) is 2. The molecule has 136 valence electrons. The molecule has 7 heteroatoms. The molecule has 1 heterocycles. The zero-order chi connectivity index (χ0) is 18.3. The van der Waals surface area contributed by atoms with E-state index in [2.05, 4.69) is 16.7 Å². The van der Waals surface area contributed by atoms with Gasteiger partial charge in [0, 0.05) is 13.1 Å². The molecular formula is C17H30N4O3. The summed E-state index contributed by atoms with van der Waals surface area (Å²) in [5.74, 6) is -0.0762. The average Bonchev–Trinajstić information content (AvgIpc) is 2.50. The number of carbonyl (C=O) groups is 2. The maximum atomic E-state index is 12.6. The van der Waals surface area contributed by atoms with E-state index in [1.807, 2.05) is 34.6 Å². The van der Waals surface area contributed by atoms with Crippen LogP contribution in [0.5, 0.6) is 0 Å². The maximum absolute atomic E-state index is 12.6. The van der Waals surface area contributed by atoms with E-state index in [1.54, 1.807) is 4.90 Å². The van der Waals surface area contributed by atoms with Crippen LogP contribution in [0.1, 0.15) is 41.0 Å². The molecular weight excluding hydrogens is 308 g/mol. The Balaban J connectivity index is 2.74. The van der Waals surface area contributed by atoms with Gasteiger partial charge in [-0.2, -0.15) is 5.26 Å². The smallest absolute Gasteiger partial charge is 0.318 e. The predicted molar refractivity (Wildman–Crippen MR) is 91.2 cm³/mol. The molecule has 0 aromatic carbocycles. The van der Waals surface area contributed by atoms with Crippen molar-refractivity contribution in [2.45, 2.75) is 53.1 Å². The molecule has 1 rings (SSSR count). The van der Waals surface area contributed by atoms with Crippen molar-refractivity contribution in [2.75, 3.05) is 26.3 Å². The van der Waals surface area contributed by atoms with E-state index in [-0.39, 0.29) is 23.3 Å². The Morgan fingerprint density at radius 2 is 1.79 bits per heavy atom. The van der Waals surface area contributed by atoms with Gasteiger partial charge in [0.15, 0.2) is 0 Å². The Morgan fingerprint density at radius 3 is 2.25 bits per heavy atom. The Kier molecular flexibility index (Phi) is 7.49. The molecule has 24 heavy (non-hydrogen) atoms. The number of rotatable bonds is 5. The van der Waals surface area contributed by atoms with Crippen molar-refractivity contribution in [3.05, 3.63) is 0 Å². The largest absolute Gasteiger partial charge is 0.378 e. The SMILES string of the molecule is CC(C)C[C@H](NC(=O)N1CCOCC1)C(=O)N[C@H](C#N)C(C)(C)C. The minimum atomic E-state index is -0.654. The van der Waals surface area contributed by atoms with Crippen molar-refractivity contribution in [2.24, 2.45) is 11.3 Å². The predicted octanol–water partition coefficient (Wildman–Crippen LogP) is 1.50. The van der Waals surface area contributed by atoms with Gasteiger partial charge in [0.05, 0.1) is 19.3 Å². The Morgan fingerprint density at radius 1 is 1.21 bits per heavy atom. The van der Waals surface area contributed by atoms with Gasteiger partial charge in [-0.15, -0.1) is 0 Å². The normalized spacial score (nSPS) is 17.8. The summed E-state index contributed by atoms with van der Waals surface area (Å²) in [7, 11) is 0. The third-order valence-corrected chi connectivity index (χ3v) is 3.90. The minimum Gasteiger partial charge on any atom is -0.378 e. The van der Waals surface area contributed by atoms with Crippen molar-refractivity contribution >= 4 is 11.9 Å². The van der Waals surface area contributed by atoms with Gasteiger partial charge < -0.3 is 20.3 Å². The minimum absolute atomic E-state index is 0.237. The highest BCUT2D eigenvalue weighted by atomic mass is 16.5. The monoisotopic (exact) mass is 338 g/mol. The van der Waals surface area contributed by atoms with E-state index >= 15 is 0 Å². The van der Waals surface area contributed by atoms with Crippen LogP contribution in [0, 0.1) is 22.7 Å². The zero-order valence-corrected chi connectivity index (χ0v) is 15.4. The fraction of sp³-hybridized carbons (Fsp3) is 0.824. The number of hydrogen-bond donors (Lipinski definition) is 2. The van der Waals surface area contributed by atoms with Gasteiger partial charge in [0.25, 0.3) is 0 Å². The maximum Gasteiger partial charge on any atom is 0.318 e. The average molecular weight is 338 g/mol. The van der Waals surface area contributed by atoms with Gasteiger partial charge in [0.2, 0.25) is 5.91 Å². The van der Waals surface area contributed by atoms with Gasteiger partial charge in [-0.3, -0.25) is 4.79 Å². The van der Waals surface area contributed by atoms with Gasteiger partial charge in [-0.05, 0) is 17.8 Å². The summed E-state index contributed by atoms with van der Waals surface area (Å²) in [5, 5.41) is 14.9. The van der Waals surface area contributed by atoms with Crippen molar-refractivity contribution in [3.8, 4) is 6.07 Å². The quantitative estimate of drug-likeness (QED) is 0.794. The first-order valence-corrected chi connectivity index (χ1v) is 8.48. The van der Waals surface area contributed by atoms with Crippen LogP contribution in [0.15, 0.2) is 0 Å². The second kappa shape index (κ2) is 8.88. The van der Waals surface area contributed by atoms with Crippen molar-refractivity contribution in [1.82, 2.24) is 15.5 Å². The first kappa shape index (κ1) is 20.2. The lowest BCUT2D eigenvalue weighted by Crippen LogP contribution is -2.56. The van der Waals surface area contributed by atoms with E-state index in [0.717, 1.165) is 0 Å². The summed E-state index contributed by atoms with van der Waals surface area (Å²) in [5.41, 5.74) is -0.374. The van der Waals surface area contributed by atoms with Gasteiger partial charge in [-0.1, -0.05) is 34.6 Å². The molecule has 1 aliphatic rings. The molecule has 0 unspecified atom stereocenters. The van der Waals surface area contributed by atoms with Crippen LogP contribution >= 0.6 is 0 Å². The molecule has 0 spiro atoms. The number of amides is 3. The molecule has 0 radical (unpaired) electrons. The van der Waals surface area contributed by atoms with Crippen LogP contribution in [0.4, 0.5) is 4.79 Å². The topological polar surface area (TPSA) is 94.5 Å². The lowest BCUT2D eigenvalue weighted by Gasteiger charge is -2.31. The lowest BCUT2D eigenvalue weighted by molar-refractivity contribution is -0.124. The van der Waals surface area contributed by atoms with E-state index in [9.17, 15) is 14.9 Å². The summed E-state index contributed by atoms with van der Waals surface area (Å²) in [6.45, 7) is 11.7. The summed E-state index contributed by atoms with van der Waals surface area (Å²) < 4.78 is 5.23. The van der Waals surface area contributed by atoms with E-state index in [0.29, 0.717) is 32.7 Å². The van der Waals surface area contributed by atoms with Crippen LogP contribution in [0.3, 0.4) is 0 Å². The molecule has 0 saturated carbocycles. The van der Waals surface area contributed by atoms with Crippen LogP contribution < -0.4 is 10.6 Å². The summed E-state index contributed by atoms with van der Waals surface area (Å²) in [6, 6.07) is 0.600. The number of ether oxygens (including phenoxy) is 1. The van der Waals surface area contributed by atoms with Crippen LogP contribution in [-0.4, -0.2) is 55.2 Å². The fourth-order valence-corrected chi connectivity index (χ4v) is 2.39. The molecule has 0 aromatic rings. The second-order valence-electron chi connectivity index (χ2n) is 7.67. The summed E-state index contributed by atoms with van der Waals surface area (Å²) in [6.07, 6.45) is 0.518. The molecule has 2 atom stereocenters. The van der Waals surface area contributed by atoms with E-state index < -0.39 is 12.1 Å². The van der Waals surface area contributed by atoms with Crippen LogP contribution in [0.25, 0.3) is 0 Å². The molecule has 0 aromatic heterocycles. The highest BCUT2D eigenvalue weighted by Crippen LogP contribution is 2.19. The molecule has 3 amide bonds. The Hall–Kier alpha value is -1.81. The van der Waals surface area contributed by atoms with Gasteiger partial charge in [-0.25, -0.2) is 4.79 Å². The fourth-order valence-electron chi connectivity index (χ4n) is 2.39.